The number of carbonyl (C=O) groups is 1. The molecule has 0 saturated carbocycles. The molecule has 0 radical (unpaired) electrons. The van der Waals surface area contributed by atoms with Crippen LogP contribution in [0.5, 0.6) is 0 Å². The summed E-state index contributed by atoms with van der Waals surface area (Å²) in [6, 6.07) is 3.65. The Bertz CT molecular complexity index is 601. The fourth-order valence-electron chi connectivity index (χ4n) is 2.27. The summed E-state index contributed by atoms with van der Waals surface area (Å²) in [4.78, 5) is 11.7. The summed E-state index contributed by atoms with van der Waals surface area (Å²) in [7, 11) is 0. The summed E-state index contributed by atoms with van der Waals surface area (Å²) in [5.74, 6) is -7.62. The van der Waals surface area contributed by atoms with Crippen LogP contribution in [0.3, 0.4) is 0 Å². The molecule has 0 aliphatic heterocycles. The molecule has 0 aliphatic carbocycles. The minimum atomic E-state index is -5.91. The highest BCUT2D eigenvalue weighted by Crippen LogP contribution is 2.40. The van der Waals surface area contributed by atoms with E-state index in [9.17, 15) is 26.7 Å². The highest BCUT2D eigenvalue weighted by molar-refractivity contribution is 6.02. The Labute approximate surface area is 132 Å². The van der Waals surface area contributed by atoms with Crippen molar-refractivity contribution in [2.45, 2.75) is 64.5 Å². The Hall–Kier alpha value is -1.46. The Balaban J connectivity index is 3.52. The maximum absolute atomic E-state index is 13.3. The molecule has 130 valence electrons. The van der Waals surface area contributed by atoms with E-state index >= 15 is 0 Å². The summed E-state index contributed by atoms with van der Waals surface area (Å²) >= 11 is 0. The van der Waals surface area contributed by atoms with Crippen LogP contribution in [0.15, 0.2) is 18.2 Å². The third-order valence-corrected chi connectivity index (χ3v) is 3.54. The van der Waals surface area contributed by atoms with Gasteiger partial charge in [0.15, 0.2) is 0 Å². The number of alkyl halides is 5. The minimum Gasteiger partial charge on any atom is -0.287 e. The van der Waals surface area contributed by atoms with Crippen LogP contribution in [0, 0.1) is 0 Å². The van der Waals surface area contributed by atoms with Gasteiger partial charge in [0, 0.05) is 5.56 Å². The maximum Gasteiger partial charge on any atom is 0.461 e. The van der Waals surface area contributed by atoms with Crippen LogP contribution in [0.2, 0.25) is 0 Å². The number of ketones is 1. The molecule has 1 rings (SSSR count). The molecule has 0 N–H and O–H groups in total. The zero-order valence-electron chi connectivity index (χ0n) is 14.0. The van der Waals surface area contributed by atoms with Gasteiger partial charge >= 0.3 is 12.1 Å². The molecule has 0 atom stereocenters. The third-order valence-electron chi connectivity index (χ3n) is 3.54. The molecule has 0 fully saturated rings. The van der Waals surface area contributed by atoms with Crippen LogP contribution in [-0.2, 0) is 10.8 Å². The summed E-state index contributed by atoms with van der Waals surface area (Å²) in [6.07, 6.45) is -5.91. The second kappa shape index (κ2) is 5.56. The monoisotopic (exact) mass is 336 g/mol. The van der Waals surface area contributed by atoms with Crippen molar-refractivity contribution < 1.29 is 26.7 Å². The Morgan fingerprint density at radius 3 is 1.57 bits per heavy atom. The summed E-state index contributed by atoms with van der Waals surface area (Å²) in [5.41, 5.74) is -0.0978. The number of rotatable bonds is 2. The van der Waals surface area contributed by atoms with Crippen LogP contribution < -0.4 is 0 Å². The molecular weight excluding hydrogens is 315 g/mol. The predicted octanol–water partition coefficient (Wildman–Crippen LogP) is 5.66. The molecule has 0 heterocycles. The Morgan fingerprint density at radius 1 is 0.783 bits per heavy atom. The van der Waals surface area contributed by atoms with E-state index in [0.29, 0.717) is 5.56 Å². The lowest BCUT2D eigenvalue weighted by molar-refractivity contribution is -0.255. The molecule has 6 heteroatoms. The Kier molecular flexibility index (Phi) is 4.74. The van der Waals surface area contributed by atoms with E-state index in [1.54, 1.807) is 0 Å². The third kappa shape index (κ3) is 3.90. The van der Waals surface area contributed by atoms with Crippen molar-refractivity contribution in [2.75, 3.05) is 0 Å². The maximum atomic E-state index is 13.3. The van der Waals surface area contributed by atoms with Gasteiger partial charge in [0.2, 0.25) is 5.78 Å². The topological polar surface area (TPSA) is 17.1 Å². The van der Waals surface area contributed by atoms with Gasteiger partial charge in [-0.05, 0) is 28.0 Å². The van der Waals surface area contributed by atoms with Crippen LogP contribution >= 0.6 is 0 Å². The number of carbonyl (C=O) groups excluding carboxylic acids is 1. The molecule has 0 saturated heterocycles. The van der Waals surface area contributed by atoms with Gasteiger partial charge in [0.05, 0.1) is 0 Å². The standard InChI is InChI=1S/C17H21F5O/c1-14(2,3)11-8-7-10(9-12(11)15(4,5)6)13(23)16(18,19)17(20,21)22/h7-9H,1-6H3. The largest absolute Gasteiger partial charge is 0.461 e. The van der Waals surface area contributed by atoms with Crippen LogP contribution in [-0.4, -0.2) is 17.9 Å². The van der Waals surface area contributed by atoms with Crippen molar-refractivity contribution in [3.63, 3.8) is 0 Å². The predicted molar refractivity (Wildman–Crippen MR) is 79.2 cm³/mol. The molecule has 0 amide bonds. The number of hydrogen-bond acceptors (Lipinski definition) is 1. The Morgan fingerprint density at radius 2 is 1.22 bits per heavy atom. The first-order valence-electron chi connectivity index (χ1n) is 7.14. The van der Waals surface area contributed by atoms with Gasteiger partial charge in [0.1, 0.15) is 0 Å². The first-order chi connectivity index (χ1) is 9.99. The van der Waals surface area contributed by atoms with Crippen molar-refractivity contribution in [2.24, 2.45) is 0 Å². The van der Waals surface area contributed by atoms with Gasteiger partial charge in [-0.3, -0.25) is 4.79 Å². The quantitative estimate of drug-likeness (QED) is 0.503. The lowest BCUT2D eigenvalue weighted by Crippen LogP contribution is -2.44. The second-order valence-electron chi connectivity index (χ2n) is 7.66. The summed E-state index contributed by atoms with van der Waals surface area (Å²) in [6.45, 7) is 11.2. The SMILES string of the molecule is CC(C)(C)c1ccc(C(=O)C(F)(F)C(F)(F)F)cc1C(C)(C)C. The fourth-order valence-corrected chi connectivity index (χ4v) is 2.27. The van der Waals surface area contributed by atoms with Gasteiger partial charge in [0.25, 0.3) is 0 Å². The average Bonchev–Trinajstić information content (AvgIpc) is 2.33. The molecule has 0 aromatic heterocycles. The van der Waals surface area contributed by atoms with Gasteiger partial charge in [-0.25, -0.2) is 0 Å². The minimum absolute atomic E-state index is 0.337. The molecule has 1 nitrogen and oxygen atoms in total. The molecule has 0 spiro atoms. The first-order valence-corrected chi connectivity index (χ1v) is 7.14. The molecule has 1 aromatic rings. The highest BCUT2D eigenvalue weighted by Gasteiger charge is 2.63. The normalized spacial score (nSPS) is 14.0. The zero-order valence-corrected chi connectivity index (χ0v) is 14.0. The lowest BCUT2D eigenvalue weighted by Gasteiger charge is -2.31. The molecular formula is C17H21F5O. The summed E-state index contributed by atoms with van der Waals surface area (Å²) < 4.78 is 63.8. The van der Waals surface area contributed by atoms with E-state index in [1.807, 2.05) is 41.5 Å². The van der Waals surface area contributed by atoms with Crippen molar-refractivity contribution in [3.05, 3.63) is 34.9 Å². The van der Waals surface area contributed by atoms with Gasteiger partial charge in [-0.15, -0.1) is 0 Å². The average molecular weight is 336 g/mol. The smallest absolute Gasteiger partial charge is 0.287 e. The number of halogens is 5. The van der Waals surface area contributed by atoms with Gasteiger partial charge < -0.3 is 0 Å². The number of Topliss-reactive ketones (excluding diaryl/α,β-unsaturated/α-hetero) is 1. The van der Waals surface area contributed by atoms with Crippen LogP contribution in [0.4, 0.5) is 22.0 Å². The van der Waals surface area contributed by atoms with Crippen molar-refractivity contribution in [1.29, 1.82) is 0 Å². The zero-order chi connectivity index (χ0) is 18.4. The van der Waals surface area contributed by atoms with Gasteiger partial charge in [-0.2, -0.15) is 22.0 Å². The molecule has 0 aliphatic rings. The van der Waals surface area contributed by atoms with E-state index in [1.165, 1.54) is 6.07 Å². The van der Waals surface area contributed by atoms with Gasteiger partial charge in [-0.1, -0.05) is 53.7 Å². The van der Waals surface area contributed by atoms with E-state index in [0.717, 1.165) is 17.7 Å². The summed E-state index contributed by atoms with van der Waals surface area (Å²) in [5, 5.41) is 0. The number of hydrogen-bond donors (Lipinski definition) is 0. The van der Waals surface area contributed by atoms with Crippen molar-refractivity contribution >= 4 is 5.78 Å². The first kappa shape index (κ1) is 19.6. The molecule has 23 heavy (non-hydrogen) atoms. The van der Waals surface area contributed by atoms with E-state index in [-0.39, 0.29) is 5.41 Å². The van der Waals surface area contributed by atoms with Crippen LogP contribution in [0.1, 0.15) is 63.0 Å². The van der Waals surface area contributed by atoms with E-state index < -0.39 is 28.9 Å². The second-order valence-corrected chi connectivity index (χ2v) is 7.66. The van der Waals surface area contributed by atoms with E-state index in [2.05, 4.69) is 0 Å². The van der Waals surface area contributed by atoms with E-state index in [4.69, 9.17) is 0 Å². The highest BCUT2D eigenvalue weighted by atomic mass is 19.4. The van der Waals surface area contributed by atoms with Crippen LogP contribution in [0.25, 0.3) is 0 Å². The number of benzene rings is 1. The molecule has 0 bridgehead atoms. The lowest BCUT2D eigenvalue weighted by atomic mass is 9.74. The van der Waals surface area contributed by atoms with Crippen molar-refractivity contribution in [3.8, 4) is 0 Å². The molecule has 1 aromatic carbocycles. The molecule has 0 unspecified atom stereocenters. The fraction of sp³-hybridized carbons (Fsp3) is 0.588. The van der Waals surface area contributed by atoms with Crippen molar-refractivity contribution in [1.82, 2.24) is 0 Å².